The van der Waals surface area contributed by atoms with Crippen molar-refractivity contribution >= 4 is 6.85 Å². The molecule has 2 nitrogen and oxygen atoms in total. The van der Waals surface area contributed by atoms with Crippen LogP contribution in [0.1, 0.15) is 19.3 Å². The van der Waals surface area contributed by atoms with Gasteiger partial charge in [-0.3, -0.25) is 0 Å². The Bertz CT molecular complexity index is 919. The average Bonchev–Trinajstić information content (AvgIpc) is 3.12. The van der Waals surface area contributed by atoms with Crippen LogP contribution in [-0.4, -0.2) is 35.7 Å². The SMILES string of the molecule is C1=CCC2B3C4=C5C6=C(C=CCN6CC5CC=C4)N3C3CC=CC=C3C2=C1. The van der Waals surface area contributed by atoms with Crippen LogP contribution in [0.5, 0.6) is 0 Å². The van der Waals surface area contributed by atoms with Gasteiger partial charge in [-0.25, -0.2) is 0 Å². The lowest BCUT2D eigenvalue weighted by molar-refractivity contribution is 0.362. The first-order valence-electron chi connectivity index (χ1n) is 10.5. The van der Waals surface area contributed by atoms with Gasteiger partial charge in [0.15, 0.2) is 0 Å². The predicted molar refractivity (Wildman–Crippen MR) is 111 cm³/mol. The third-order valence-corrected chi connectivity index (χ3v) is 7.57. The number of fused-ring (bicyclic) bond motifs is 8. The quantitative estimate of drug-likeness (QED) is 0.600. The molecule has 0 radical (unpaired) electrons. The third kappa shape index (κ3) is 1.73. The third-order valence-electron chi connectivity index (χ3n) is 7.57. The Morgan fingerprint density at radius 1 is 0.889 bits per heavy atom. The highest BCUT2D eigenvalue weighted by molar-refractivity contribution is 6.69. The van der Waals surface area contributed by atoms with Gasteiger partial charge in [0.1, 0.15) is 0 Å². The molecule has 27 heavy (non-hydrogen) atoms. The standard InChI is InChI=1S/C24H23BN2/c1-3-10-19-17(8-1)18-9-2-4-12-21(18)27-22-13-6-14-26-15-16-7-5-11-20(25(19)27)23(16)24(22)26/h1-6,8-9,11,13,16,19,21H,7,10,12,14-15H2. The highest BCUT2D eigenvalue weighted by Gasteiger charge is 2.54. The van der Waals surface area contributed by atoms with Crippen LogP contribution < -0.4 is 0 Å². The second kappa shape index (κ2) is 5.10. The van der Waals surface area contributed by atoms with Crippen molar-refractivity contribution in [3.8, 4) is 0 Å². The molecule has 0 bridgehead atoms. The first kappa shape index (κ1) is 14.6. The summed E-state index contributed by atoms with van der Waals surface area (Å²) in [5, 5.41) is 0. The first-order valence-corrected chi connectivity index (χ1v) is 10.5. The smallest absolute Gasteiger partial charge is 0.297 e. The van der Waals surface area contributed by atoms with Gasteiger partial charge in [0.25, 0.3) is 6.85 Å². The van der Waals surface area contributed by atoms with E-state index in [0.717, 1.165) is 19.4 Å². The van der Waals surface area contributed by atoms with E-state index < -0.39 is 0 Å². The van der Waals surface area contributed by atoms with E-state index in [1.165, 1.54) is 18.7 Å². The van der Waals surface area contributed by atoms with E-state index in [9.17, 15) is 0 Å². The van der Waals surface area contributed by atoms with Gasteiger partial charge in [-0.2, -0.15) is 0 Å². The number of rotatable bonds is 0. The largest absolute Gasteiger partial charge is 0.402 e. The lowest BCUT2D eigenvalue weighted by atomic mass is 9.36. The molecule has 7 rings (SSSR count). The maximum atomic E-state index is 2.81. The molecule has 0 saturated carbocycles. The van der Waals surface area contributed by atoms with E-state index in [4.69, 9.17) is 0 Å². The zero-order valence-electron chi connectivity index (χ0n) is 15.5. The Labute approximate surface area is 161 Å². The summed E-state index contributed by atoms with van der Waals surface area (Å²) < 4.78 is 0. The molecule has 0 spiro atoms. The minimum Gasteiger partial charge on any atom is -0.402 e. The summed E-state index contributed by atoms with van der Waals surface area (Å²) >= 11 is 0. The summed E-state index contributed by atoms with van der Waals surface area (Å²) in [4.78, 5) is 5.46. The molecule has 4 heterocycles. The summed E-state index contributed by atoms with van der Waals surface area (Å²) in [5.74, 6) is 1.28. The molecule has 3 atom stereocenters. The second-order valence-electron chi connectivity index (χ2n) is 8.79. The van der Waals surface area contributed by atoms with Gasteiger partial charge < -0.3 is 9.71 Å². The minimum atomic E-state index is 0.476. The lowest BCUT2D eigenvalue weighted by Gasteiger charge is -2.54. The fraction of sp³-hybridized carbons (Fsp3) is 0.333. The van der Waals surface area contributed by atoms with Crippen molar-refractivity contribution < 1.29 is 0 Å². The Kier molecular flexibility index (Phi) is 2.76. The molecule has 3 unspecified atom stereocenters. The molecular weight excluding hydrogens is 327 g/mol. The van der Waals surface area contributed by atoms with Crippen molar-refractivity contribution in [2.45, 2.75) is 31.1 Å². The van der Waals surface area contributed by atoms with Crippen molar-refractivity contribution in [1.82, 2.24) is 9.71 Å². The summed E-state index contributed by atoms with van der Waals surface area (Å²) in [6, 6.07) is 0.476. The Hall–Kier alpha value is -2.42. The van der Waals surface area contributed by atoms with Crippen LogP contribution in [0.15, 0.2) is 94.3 Å². The second-order valence-corrected chi connectivity index (χ2v) is 8.79. The van der Waals surface area contributed by atoms with Gasteiger partial charge in [-0.05, 0) is 53.3 Å². The first-order chi connectivity index (χ1) is 13.4. The monoisotopic (exact) mass is 350 g/mol. The van der Waals surface area contributed by atoms with Gasteiger partial charge >= 0.3 is 0 Å². The van der Waals surface area contributed by atoms with E-state index >= 15 is 0 Å². The Morgan fingerprint density at radius 3 is 2.74 bits per heavy atom. The topological polar surface area (TPSA) is 6.48 Å². The van der Waals surface area contributed by atoms with E-state index in [1.54, 1.807) is 27.9 Å². The van der Waals surface area contributed by atoms with Gasteiger partial charge in [0, 0.05) is 30.7 Å². The molecule has 4 aliphatic heterocycles. The summed E-state index contributed by atoms with van der Waals surface area (Å²) in [6.45, 7) is 2.77. The van der Waals surface area contributed by atoms with Crippen LogP contribution in [-0.2, 0) is 0 Å². The molecule has 0 aromatic heterocycles. The maximum absolute atomic E-state index is 2.81. The molecule has 0 amide bonds. The molecular formula is C24H23BN2. The number of hydrogen-bond donors (Lipinski definition) is 0. The molecule has 2 saturated heterocycles. The molecule has 0 aromatic carbocycles. The molecule has 7 aliphatic rings. The van der Waals surface area contributed by atoms with Gasteiger partial charge in [0.2, 0.25) is 0 Å². The van der Waals surface area contributed by atoms with Gasteiger partial charge in [-0.15, -0.1) is 0 Å². The number of hydrogen-bond acceptors (Lipinski definition) is 2. The van der Waals surface area contributed by atoms with Gasteiger partial charge in [0.05, 0.1) is 5.70 Å². The number of allylic oxidation sites excluding steroid dienone is 10. The fourth-order valence-electron chi connectivity index (χ4n) is 6.63. The van der Waals surface area contributed by atoms with Crippen molar-refractivity contribution in [2.75, 3.05) is 13.1 Å². The Morgan fingerprint density at radius 2 is 1.78 bits per heavy atom. The molecule has 3 heteroatoms. The lowest BCUT2D eigenvalue weighted by Crippen LogP contribution is -2.57. The van der Waals surface area contributed by atoms with Gasteiger partial charge in [-0.1, -0.05) is 54.7 Å². The molecule has 132 valence electrons. The highest BCUT2D eigenvalue weighted by Crippen LogP contribution is 2.55. The zero-order valence-corrected chi connectivity index (χ0v) is 15.5. The van der Waals surface area contributed by atoms with Crippen LogP contribution in [0.3, 0.4) is 0 Å². The van der Waals surface area contributed by atoms with E-state index in [2.05, 4.69) is 70.5 Å². The van der Waals surface area contributed by atoms with Crippen molar-refractivity contribution in [3.05, 3.63) is 94.3 Å². The van der Waals surface area contributed by atoms with Crippen LogP contribution in [0.4, 0.5) is 0 Å². The average molecular weight is 350 g/mol. The van der Waals surface area contributed by atoms with Crippen LogP contribution >= 0.6 is 0 Å². The predicted octanol–water partition coefficient (Wildman–Crippen LogP) is 4.33. The minimum absolute atomic E-state index is 0.476. The summed E-state index contributed by atoms with van der Waals surface area (Å²) in [7, 11) is 0. The summed E-state index contributed by atoms with van der Waals surface area (Å²) in [5.41, 5.74) is 9.53. The fourth-order valence-corrected chi connectivity index (χ4v) is 6.63. The van der Waals surface area contributed by atoms with Crippen molar-refractivity contribution in [1.29, 1.82) is 0 Å². The van der Waals surface area contributed by atoms with E-state index in [0.29, 0.717) is 24.6 Å². The molecule has 0 aromatic rings. The maximum Gasteiger partial charge on any atom is 0.297 e. The van der Waals surface area contributed by atoms with Crippen LogP contribution in [0, 0.1) is 5.92 Å². The molecule has 2 fully saturated rings. The molecule has 0 N–H and O–H groups in total. The number of nitrogens with zero attached hydrogens (tertiary/aromatic N) is 2. The van der Waals surface area contributed by atoms with Crippen molar-refractivity contribution in [2.24, 2.45) is 5.92 Å². The van der Waals surface area contributed by atoms with Crippen LogP contribution in [0.25, 0.3) is 0 Å². The van der Waals surface area contributed by atoms with Crippen LogP contribution in [0.2, 0.25) is 5.82 Å². The van der Waals surface area contributed by atoms with E-state index in [1.807, 2.05) is 0 Å². The Balaban J connectivity index is 1.51. The van der Waals surface area contributed by atoms with E-state index in [-0.39, 0.29) is 0 Å². The zero-order chi connectivity index (χ0) is 17.5. The normalized spacial score (nSPS) is 34.4. The molecule has 3 aliphatic carbocycles. The summed E-state index contributed by atoms with van der Waals surface area (Å²) in [6.07, 6.45) is 27.3. The highest BCUT2D eigenvalue weighted by atomic mass is 15.2. The van der Waals surface area contributed by atoms with Crippen molar-refractivity contribution in [3.63, 3.8) is 0 Å².